The topological polar surface area (TPSA) is 72.9 Å². The molecule has 0 saturated heterocycles. The molecule has 6 nitrogen and oxygen atoms in total. The van der Waals surface area contributed by atoms with Crippen LogP contribution in [0.4, 0.5) is 0 Å². The van der Waals surface area contributed by atoms with E-state index >= 15 is 0 Å². The first-order valence-electron chi connectivity index (χ1n) is 7.91. The molecule has 0 aliphatic heterocycles. The predicted octanol–water partition coefficient (Wildman–Crippen LogP) is 5.75. The third-order valence-electron chi connectivity index (χ3n) is 3.65. The standard InChI is InChI=1S/C17H18N4O2.BBr3/c1-10-9-14(5-6-15(10)22-4)23-16-11(2)7-13(8-12(16)3)17-18-20-21-19-17;2-1(3)4/h5-9H,1-4H3,(H,18,19,20,21);. The van der Waals surface area contributed by atoms with Crippen LogP contribution in [0.15, 0.2) is 30.3 Å². The Hall–Kier alpha value is -1.39. The molecule has 0 atom stereocenters. The van der Waals surface area contributed by atoms with E-state index in [4.69, 9.17) is 9.47 Å². The van der Waals surface area contributed by atoms with E-state index < -0.39 is 0 Å². The van der Waals surface area contributed by atoms with Gasteiger partial charge >= 0.3 is 3.18 Å². The van der Waals surface area contributed by atoms with E-state index in [0.717, 1.165) is 39.5 Å². The summed E-state index contributed by atoms with van der Waals surface area (Å²) in [5.41, 5.74) is 3.97. The van der Waals surface area contributed by atoms with Gasteiger partial charge in [-0.3, -0.25) is 0 Å². The highest BCUT2D eigenvalue weighted by molar-refractivity contribution is 9.69. The van der Waals surface area contributed by atoms with E-state index in [2.05, 4.69) is 67.9 Å². The van der Waals surface area contributed by atoms with Crippen molar-refractivity contribution >= 4 is 50.5 Å². The molecule has 1 aromatic heterocycles. The Morgan fingerprint density at radius 2 is 1.59 bits per heavy atom. The number of benzene rings is 2. The smallest absolute Gasteiger partial charge is 0.369 e. The second-order valence-electron chi connectivity index (χ2n) is 5.66. The zero-order valence-corrected chi connectivity index (χ0v) is 20.0. The maximum Gasteiger partial charge on any atom is 0.369 e. The number of aromatic nitrogens is 4. The fraction of sp³-hybridized carbons (Fsp3) is 0.235. The van der Waals surface area contributed by atoms with Crippen LogP contribution >= 0.6 is 47.3 Å². The Balaban J connectivity index is 0.000000596. The first-order valence-corrected chi connectivity index (χ1v) is 10.7. The van der Waals surface area contributed by atoms with Crippen molar-refractivity contribution < 1.29 is 9.47 Å². The monoisotopic (exact) mass is 558 g/mol. The summed E-state index contributed by atoms with van der Waals surface area (Å²) >= 11 is 9.31. The lowest BCUT2D eigenvalue weighted by Gasteiger charge is -2.14. The van der Waals surface area contributed by atoms with E-state index in [1.165, 1.54) is 0 Å². The summed E-state index contributed by atoms with van der Waals surface area (Å²) in [5, 5.41) is 14.1. The van der Waals surface area contributed by atoms with Gasteiger partial charge in [-0.1, -0.05) is 0 Å². The van der Waals surface area contributed by atoms with Crippen LogP contribution in [0.1, 0.15) is 16.7 Å². The Bertz CT molecular complexity index is 866. The molecule has 3 aromatic rings. The fourth-order valence-electron chi connectivity index (χ4n) is 2.56. The molecule has 10 heteroatoms. The van der Waals surface area contributed by atoms with E-state index in [1.54, 1.807) is 7.11 Å². The molecular formula is C17H18BBr3N4O2. The van der Waals surface area contributed by atoms with Crippen molar-refractivity contribution in [3.05, 3.63) is 47.0 Å². The maximum absolute atomic E-state index is 6.07. The Kier molecular flexibility index (Phi) is 8.31. The number of H-pyrrole nitrogens is 1. The van der Waals surface area contributed by atoms with Crippen LogP contribution in [-0.4, -0.2) is 30.9 Å². The zero-order valence-electron chi connectivity index (χ0n) is 15.3. The molecule has 3 rings (SSSR count). The summed E-state index contributed by atoms with van der Waals surface area (Å²) in [4.78, 5) is 0. The molecule has 1 N–H and O–H groups in total. The quantitative estimate of drug-likeness (QED) is 0.412. The number of ether oxygens (including phenoxy) is 2. The van der Waals surface area contributed by atoms with Crippen molar-refractivity contribution in [3.63, 3.8) is 0 Å². The number of rotatable bonds is 4. The predicted molar refractivity (Wildman–Crippen MR) is 119 cm³/mol. The average Bonchev–Trinajstić information content (AvgIpc) is 3.12. The average molecular weight is 561 g/mol. The van der Waals surface area contributed by atoms with E-state index in [1.807, 2.05) is 51.1 Å². The number of tetrazole rings is 1. The summed E-state index contributed by atoms with van der Waals surface area (Å²) in [7, 11) is 1.66. The number of methoxy groups -OCH3 is 1. The number of hydrogen-bond donors (Lipinski definition) is 1. The third-order valence-corrected chi connectivity index (χ3v) is 3.65. The molecular weight excluding hydrogens is 543 g/mol. The summed E-state index contributed by atoms with van der Waals surface area (Å²) in [6.07, 6.45) is 0. The highest BCUT2D eigenvalue weighted by atomic mass is 79.9. The minimum Gasteiger partial charge on any atom is -0.496 e. The summed E-state index contributed by atoms with van der Waals surface area (Å²) < 4.78 is 11.6. The van der Waals surface area contributed by atoms with Gasteiger partial charge in [-0.2, -0.15) is 5.21 Å². The van der Waals surface area contributed by atoms with Crippen LogP contribution in [0.25, 0.3) is 11.4 Å². The van der Waals surface area contributed by atoms with Gasteiger partial charge in [0.05, 0.1) is 7.11 Å². The SMILES string of the molecule is BrB(Br)Br.COc1ccc(Oc2c(C)cc(-c3nn[nH]n3)cc2C)cc1C. The lowest BCUT2D eigenvalue weighted by Crippen LogP contribution is -1.94. The molecule has 0 aliphatic rings. The number of aryl methyl sites for hydroxylation is 3. The number of aromatic amines is 1. The molecule has 2 aromatic carbocycles. The van der Waals surface area contributed by atoms with Gasteiger partial charge in [-0.15, -0.1) is 57.5 Å². The summed E-state index contributed by atoms with van der Waals surface area (Å²) in [5.74, 6) is 3.03. The summed E-state index contributed by atoms with van der Waals surface area (Å²) in [6, 6.07) is 9.75. The Morgan fingerprint density at radius 3 is 2.07 bits per heavy atom. The van der Waals surface area contributed by atoms with Crippen molar-refractivity contribution in [2.24, 2.45) is 0 Å². The third kappa shape index (κ3) is 6.32. The van der Waals surface area contributed by atoms with Gasteiger partial charge < -0.3 is 9.47 Å². The second kappa shape index (κ2) is 10.2. The van der Waals surface area contributed by atoms with Crippen molar-refractivity contribution in [1.29, 1.82) is 0 Å². The van der Waals surface area contributed by atoms with Crippen LogP contribution in [0.3, 0.4) is 0 Å². The first kappa shape index (κ1) is 21.9. The number of hydrogen-bond acceptors (Lipinski definition) is 5. The van der Waals surface area contributed by atoms with Gasteiger partial charge in [0.1, 0.15) is 17.2 Å². The van der Waals surface area contributed by atoms with Crippen molar-refractivity contribution in [1.82, 2.24) is 20.6 Å². The molecule has 0 saturated carbocycles. The number of nitrogens with one attached hydrogen (secondary N) is 1. The zero-order chi connectivity index (χ0) is 20.0. The maximum atomic E-state index is 6.07. The molecule has 0 aliphatic carbocycles. The van der Waals surface area contributed by atoms with Crippen LogP contribution in [-0.2, 0) is 0 Å². The molecule has 0 unspecified atom stereocenters. The van der Waals surface area contributed by atoms with Crippen LogP contribution in [0.5, 0.6) is 17.2 Å². The molecule has 0 radical (unpaired) electrons. The first-order chi connectivity index (χ1) is 12.8. The minimum atomic E-state index is 0.271. The van der Waals surface area contributed by atoms with Gasteiger partial charge in [0, 0.05) is 5.56 Å². The highest BCUT2D eigenvalue weighted by Crippen LogP contribution is 2.33. The van der Waals surface area contributed by atoms with Crippen LogP contribution in [0, 0.1) is 20.8 Å². The van der Waals surface area contributed by atoms with Gasteiger partial charge in [0.2, 0.25) is 5.82 Å². The highest BCUT2D eigenvalue weighted by Gasteiger charge is 2.12. The van der Waals surface area contributed by atoms with Gasteiger partial charge in [-0.05, 0) is 73.0 Å². The molecule has 0 spiro atoms. The van der Waals surface area contributed by atoms with Gasteiger partial charge in [0.15, 0.2) is 0 Å². The molecule has 1 heterocycles. The fourth-order valence-corrected chi connectivity index (χ4v) is 2.56. The van der Waals surface area contributed by atoms with E-state index in [-0.39, 0.29) is 3.18 Å². The normalized spacial score (nSPS) is 10.0. The molecule has 27 heavy (non-hydrogen) atoms. The Morgan fingerprint density at radius 1 is 0.963 bits per heavy atom. The van der Waals surface area contributed by atoms with Crippen molar-refractivity contribution in [2.75, 3.05) is 7.11 Å². The molecule has 0 bridgehead atoms. The molecule has 142 valence electrons. The van der Waals surface area contributed by atoms with E-state index in [9.17, 15) is 0 Å². The van der Waals surface area contributed by atoms with Crippen LogP contribution in [0.2, 0.25) is 0 Å². The number of halogens is 3. The van der Waals surface area contributed by atoms with Crippen molar-refractivity contribution in [2.45, 2.75) is 20.8 Å². The second-order valence-corrected chi connectivity index (χ2v) is 12.1. The van der Waals surface area contributed by atoms with E-state index in [0.29, 0.717) is 5.82 Å². The van der Waals surface area contributed by atoms with Crippen LogP contribution < -0.4 is 9.47 Å². The Labute approximate surface area is 183 Å². The summed E-state index contributed by atoms with van der Waals surface area (Å²) in [6.45, 7) is 6.00. The lowest BCUT2D eigenvalue weighted by atomic mass is 10.1. The number of nitrogens with zero attached hydrogens (tertiary/aromatic N) is 3. The van der Waals surface area contributed by atoms with Crippen molar-refractivity contribution in [3.8, 4) is 28.6 Å². The van der Waals surface area contributed by atoms with Gasteiger partial charge in [-0.25, -0.2) is 0 Å². The molecule has 0 amide bonds. The molecule has 0 fully saturated rings. The lowest BCUT2D eigenvalue weighted by molar-refractivity contribution is 0.409. The minimum absolute atomic E-state index is 0.271. The largest absolute Gasteiger partial charge is 0.496 e. The van der Waals surface area contributed by atoms with Gasteiger partial charge in [0.25, 0.3) is 0 Å².